The van der Waals surface area contributed by atoms with Crippen LogP contribution in [0.4, 0.5) is 0 Å². The van der Waals surface area contributed by atoms with E-state index in [1.165, 1.54) is 31.8 Å². The fraction of sp³-hybridized carbons (Fsp3) is 1.00. The predicted molar refractivity (Wildman–Crippen MR) is 126 cm³/mol. The second-order valence-electron chi connectivity index (χ2n) is 9.83. The maximum absolute atomic E-state index is 2.46. The third kappa shape index (κ3) is 9.33. The first kappa shape index (κ1) is 24.6. The van der Waals surface area contributed by atoms with Gasteiger partial charge < -0.3 is 0 Å². The largest absolute Gasteiger partial charge is 0.0686 e. The molecule has 0 bridgehead atoms. The van der Waals surface area contributed by atoms with Gasteiger partial charge in [0.05, 0.1) is 0 Å². The van der Waals surface area contributed by atoms with Crippen LogP contribution >= 0.6 is 47.1 Å². The van der Waals surface area contributed by atoms with Crippen LogP contribution in [0.1, 0.15) is 83.1 Å². The summed E-state index contributed by atoms with van der Waals surface area (Å²) in [6, 6.07) is 0. The summed E-state index contributed by atoms with van der Waals surface area (Å²) >= 11 is 0. The van der Waals surface area contributed by atoms with Crippen molar-refractivity contribution in [2.75, 3.05) is 0 Å². The third-order valence-corrected chi connectivity index (χ3v) is 36.3. The van der Waals surface area contributed by atoms with Crippen molar-refractivity contribution in [3.8, 4) is 0 Å². The first-order valence-electron chi connectivity index (χ1n) is 8.09. The number of hydrogen-bond donors (Lipinski definition) is 0. The summed E-state index contributed by atoms with van der Waals surface area (Å²) in [6.07, 6.45) is 0. The van der Waals surface area contributed by atoms with E-state index in [0.29, 0.717) is 20.6 Å². The fourth-order valence-electron chi connectivity index (χ4n) is 2.85. The van der Waals surface area contributed by atoms with E-state index in [2.05, 4.69) is 83.1 Å². The van der Waals surface area contributed by atoms with Crippen molar-refractivity contribution in [2.24, 2.45) is 0 Å². The third-order valence-electron chi connectivity index (χ3n) is 3.08. The molecule has 0 N–H and O–H groups in total. The van der Waals surface area contributed by atoms with E-state index in [1.807, 2.05) is 0 Å². The molecular formula is C16H40P6. The zero-order chi connectivity index (χ0) is 18.0. The Morgan fingerprint density at radius 3 is 0.727 bits per heavy atom. The molecule has 0 radical (unpaired) electrons. The zero-order valence-electron chi connectivity index (χ0n) is 16.9. The molecule has 0 heterocycles. The highest BCUT2D eigenvalue weighted by atomic mass is 32.8. The van der Waals surface area contributed by atoms with Crippen LogP contribution in [-0.2, 0) is 0 Å². The normalized spacial score (nSPS) is 17.2. The van der Waals surface area contributed by atoms with Crippen molar-refractivity contribution in [2.45, 2.75) is 104 Å². The Hall–Kier alpha value is 2.58. The average Bonchev–Trinajstić information content (AvgIpc) is 2.14. The van der Waals surface area contributed by atoms with Crippen molar-refractivity contribution in [1.29, 1.82) is 0 Å². The average molecular weight is 418 g/mol. The standard InChI is InChI=1S/C16H40P6/c1-13(2,3)21(14(4,5)6)19-17-18-20-22(15(7,8)9)16(10,11)12/h17-20H,1-12H3. The van der Waals surface area contributed by atoms with Crippen LogP contribution in [0.5, 0.6) is 0 Å². The van der Waals surface area contributed by atoms with Crippen LogP contribution in [-0.4, -0.2) is 20.6 Å². The second-order valence-corrected chi connectivity index (χ2v) is 31.5. The second kappa shape index (κ2) is 8.98. The highest BCUT2D eigenvalue weighted by Gasteiger charge is 2.35. The Balaban J connectivity index is 4.63. The highest BCUT2D eigenvalue weighted by Crippen LogP contribution is 2.88. The van der Waals surface area contributed by atoms with Crippen LogP contribution in [0.3, 0.4) is 0 Å². The molecule has 0 saturated heterocycles. The van der Waals surface area contributed by atoms with Crippen LogP contribution in [0.25, 0.3) is 0 Å². The maximum atomic E-state index is 2.46. The molecule has 22 heavy (non-hydrogen) atoms. The molecule has 4 unspecified atom stereocenters. The van der Waals surface area contributed by atoms with E-state index in [9.17, 15) is 0 Å². The van der Waals surface area contributed by atoms with Gasteiger partial charge in [-0.3, -0.25) is 0 Å². The molecule has 0 spiro atoms. The minimum absolute atomic E-state index is 0.129. The molecular weight excluding hydrogens is 378 g/mol. The van der Waals surface area contributed by atoms with Crippen molar-refractivity contribution >= 4 is 47.1 Å². The van der Waals surface area contributed by atoms with Gasteiger partial charge in [0.15, 0.2) is 0 Å². The lowest BCUT2D eigenvalue weighted by molar-refractivity contribution is 0.720. The fourth-order valence-corrected chi connectivity index (χ4v) is 46.8. The first-order chi connectivity index (χ1) is 9.47. The van der Waals surface area contributed by atoms with Crippen LogP contribution in [0.2, 0.25) is 0 Å². The minimum Gasteiger partial charge on any atom is -0.0686 e. The van der Waals surface area contributed by atoms with Crippen LogP contribution in [0.15, 0.2) is 0 Å². The van der Waals surface area contributed by atoms with Gasteiger partial charge in [0.1, 0.15) is 0 Å². The topological polar surface area (TPSA) is 0 Å². The maximum Gasteiger partial charge on any atom is -0.0135 e. The Morgan fingerprint density at radius 2 is 0.591 bits per heavy atom. The SMILES string of the molecule is CC(C)(C)P(PPPPP(C(C)(C)C)C(C)(C)C)C(C)(C)C. The molecule has 0 aliphatic heterocycles. The van der Waals surface area contributed by atoms with Crippen LogP contribution in [0, 0.1) is 0 Å². The van der Waals surface area contributed by atoms with Crippen molar-refractivity contribution in [1.82, 2.24) is 0 Å². The molecule has 0 fully saturated rings. The smallest absolute Gasteiger partial charge is 0.0135 e. The van der Waals surface area contributed by atoms with E-state index in [1.54, 1.807) is 0 Å². The van der Waals surface area contributed by atoms with Crippen molar-refractivity contribution < 1.29 is 0 Å². The summed E-state index contributed by atoms with van der Waals surface area (Å²) in [5, 5.41) is 2.02. The molecule has 0 aliphatic carbocycles. The molecule has 0 aliphatic rings. The summed E-state index contributed by atoms with van der Waals surface area (Å²) in [7, 11) is 5.13. The van der Waals surface area contributed by atoms with Gasteiger partial charge in [0.25, 0.3) is 0 Å². The molecule has 6 heteroatoms. The van der Waals surface area contributed by atoms with Gasteiger partial charge >= 0.3 is 0 Å². The van der Waals surface area contributed by atoms with Gasteiger partial charge in [-0.15, -0.1) is 0 Å². The molecule has 0 amide bonds. The summed E-state index contributed by atoms with van der Waals surface area (Å²) in [4.78, 5) is 0. The van der Waals surface area contributed by atoms with Gasteiger partial charge in [-0.1, -0.05) is 130 Å². The molecule has 0 aromatic heterocycles. The predicted octanol–water partition coefficient (Wildman–Crippen LogP) is 9.43. The Bertz CT molecular complexity index is 265. The van der Waals surface area contributed by atoms with Gasteiger partial charge in [0, 0.05) is 0 Å². The Kier molecular flexibility index (Phi) is 10.0. The van der Waals surface area contributed by atoms with E-state index in [4.69, 9.17) is 0 Å². The summed E-state index contributed by atoms with van der Waals surface area (Å²) in [5.74, 6) is 0. The summed E-state index contributed by atoms with van der Waals surface area (Å²) < 4.78 is 0. The molecule has 0 nitrogen and oxygen atoms in total. The molecule has 0 aromatic carbocycles. The summed E-state index contributed by atoms with van der Waals surface area (Å²) in [5.41, 5.74) is 0. The van der Waals surface area contributed by atoms with E-state index in [0.717, 1.165) is 0 Å². The molecule has 134 valence electrons. The molecule has 0 aromatic rings. The lowest BCUT2D eigenvalue weighted by Gasteiger charge is -2.43. The lowest BCUT2D eigenvalue weighted by atomic mass is 10.2. The first-order valence-corrected chi connectivity index (χ1v) is 19.5. The monoisotopic (exact) mass is 418 g/mol. The quantitative estimate of drug-likeness (QED) is 0.308. The van der Waals surface area contributed by atoms with Gasteiger partial charge in [-0.2, -0.15) is 0 Å². The number of rotatable bonds is 5. The summed E-state index contributed by atoms with van der Waals surface area (Å²) in [6.45, 7) is 29.5. The van der Waals surface area contributed by atoms with Crippen molar-refractivity contribution in [3.63, 3.8) is 0 Å². The molecule has 0 rings (SSSR count). The highest BCUT2D eigenvalue weighted by molar-refractivity contribution is 8.77. The van der Waals surface area contributed by atoms with Gasteiger partial charge in [-0.05, 0) is 20.6 Å². The van der Waals surface area contributed by atoms with E-state index >= 15 is 0 Å². The van der Waals surface area contributed by atoms with Crippen LogP contribution < -0.4 is 0 Å². The van der Waals surface area contributed by atoms with E-state index < -0.39 is 0 Å². The van der Waals surface area contributed by atoms with Gasteiger partial charge in [0.2, 0.25) is 0 Å². The Labute approximate surface area is 150 Å². The van der Waals surface area contributed by atoms with Gasteiger partial charge in [-0.25, -0.2) is 0 Å². The Morgan fingerprint density at radius 1 is 0.409 bits per heavy atom. The molecule has 0 saturated carbocycles. The zero-order valence-corrected chi connectivity index (χ0v) is 22.7. The molecule has 4 atom stereocenters. The number of hydrogen-bond acceptors (Lipinski definition) is 0. The van der Waals surface area contributed by atoms with E-state index in [-0.39, 0.29) is 15.2 Å². The lowest BCUT2D eigenvalue weighted by Crippen LogP contribution is -2.22. The minimum atomic E-state index is 0.129. The van der Waals surface area contributed by atoms with Crippen molar-refractivity contribution in [3.05, 3.63) is 0 Å².